The van der Waals surface area contributed by atoms with Crippen molar-refractivity contribution in [1.29, 1.82) is 0 Å². The highest BCUT2D eigenvalue weighted by Crippen LogP contribution is 2.13. The molecule has 3 unspecified atom stereocenters. The topological polar surface area (TPSA) is 36.9 Å². The first-order chi connectivity index (χ1) is 9.89. The summed E-state index contributed by atoms with van der Waals surface area (Å²) in [5, 5.41) is 0. The van der Waals surface area contributed by atoms with Gasteiger partial charge in [-0.2, -0.15) is 0 Å². The largest absolute Gasteiger partial charge is 0.378 e. The first kappa shape index (κ1) is 21.8. The predicted molar refractivity (Wildman–Crippen MR) is 91.4 cm³/mol. The van der Waals surface area contributed by atoms with Crippen LogP contribution < -0.4 is 0 Å². The van der Waals surface area contributed by atoms with E-state index >= 15 is 0 Å². The Labute approximate surface area is 137 Å². The van der Waals surface area contributed by atoms with Gasteiger partial charge in [-0.3, -0.25) is 0 Å². The van der Waals surface area contributed by atoms with Gasteiger partial charge in [0.05, 0.1) is 50.3 Å². The Morgan fingerprint density at radius 2 is 1.14 bits per heavy atom. The second-order valence-electron chi connectivity index (χ2n) is 8.40. The van der Waals surface area contributed by atoms with E-state index in [0.29, 0.717) is 19.8 Å². The maximum atomic E-state index is 5.81. The molecule has 0 bridgehead atoms. The van der Waals surface area contributed by atoms with E-state index in [1.807, 2.05) is 20.8 Å². The zero-order valence-electron chi connectivity index (χ0n) is 16.2. The lowest BCUT2D eigenvalue weighted by Crippen LogP contribution is -2.31. The highest BCUT2D eigenvalue weighted by Gasteiger charge is 2.17. The van der Waals surface area contributed by atoms with Gasteiger partial charge in [0.2, 0.25) is 0 Å². The van der Waals surface area contributed by atoms with Gasteiger partial charge in [-0.1, -0.05) is 20.8 Å². The average Bonchev–Trinajstić information content (AvgIpc) is 2.30. The van der Waals surface area contributed by atoms with Crippen LogP contribution >= 0.6 is 0 Å². The normalized spacial score (nSPS) is 17.3. The molecule has 0 saturated heterocycles. The van der Waals surface area contributed by atoms with Gasteiger partial charge in [0.1, 0.15) is 0 Å². The summed E-state index contributed by atoms with van der Waals surface area (Å²) < 4.78 is 23.0. The van der Waals surface area contributed by atoms with Gasteiger partial charge in [-0.05, 0) is 47.0 Å². The van der Waals surface area contributed by atoms with Gasteiger partial charge in [-0.15, -0.1) is 0 Å². The van der Waals surface area contributed by atoms with Crippen LogP contribution in [-0.2, 0) is 18.9 Å². The van der Waals surface area contributed by atoms with Crippen LogP contribution in [-0.4, -0.2) is 50.3 Å². The minimum absolute atomic E-state index is 0.0519. The van der Waals surface area contributed by atoms with E-state index in [9.17, 15) is 0 Å². The molecule has 4 heteroatoms. The minimum atomic E-state index is -0.137. The standard InChI is InChI=1S/C18H38O4/c1-14(10-19-13-17(4,5)6)20-11-15(2)21-12-16(3)22-18(7,8)9/h14-16H,10-13H2,1-9H3. The molecule has 0 aliphatic rings. The van der Waals surface area contributed by atoms with E-state index in [1.165, 1.54) is 0 Å². The molecule has 22 heavy (non-hydrogen) atoms. The molecule has 0 saturated carbocycles. The molecule has 0 rings (SSSR count). The second kappa shape index (κ2) is 9.86. The summed E-state index contributed by atoms with van der Waals surface area (Å²) in [4.78, 5) is 0. The lowest BCUT2D eigenvalue weighted by Gasteiger charge is -2.26. The zero-order valence-corrected chi connectivity index (χ0v) is 16.2. The van der Waals surface area contributed by atoms with Crippen LogP contribution in [0.15, 0.2) is 0 Å². The summed E-state index contributed by atoms with van der Waals surface area (Å²) in [5.74, 6) is 0. The van der Waals surface area contributed by atoms with Crippen molar-refractivity contribution in [1.82, 2.24) is 0 Å². The molecule has 0 heterocycles. The smallest absolute Gasteiger partial charge is 0.0787 e. The molecule has 3 atom stereocenters. The zero-order chi connectivity index (χ0) is 17.4. The monoisotopic (exact) mass is 318 g/mol. The number of ether oxygens (including phenoxy) is 4. The fraction of sp³-hybridized carbons (Fsp3) is 1.00. The van der Waals surface area contributed by atoms with Crippen molar-refractivity contribution in [2.45, 2.75) is 86.2 Å². The maximum absolute atomic E-state index is 5.81. The molecule has 0 aliphatic carbocycles. The fourth-order valence-electron chi connectivity index (χ4n) is 1.86. The SMILES string of the molecule is CC(COCC(C)(C)C)OCC(C)OCC(C)OC(C)(C)C. The van der Waals surface area contributed by atoms with Crippen molar-refractivity contribution in [3.8, 4) is 0 Å². The molecule has 0 spiro atoms. The van der Waals surface area contributed by atoms with Crippen molar-refractivity contribution >= 4 is 0 Å². The van der Waals surface area contributed by atoms with Crippen LogP contribution in [0.4, 0.5) is 0 Å². The lowest BCUT2D eigenvalue weighted by molar-refractivity contribution is -0.112. The third-order valence-electron chi connectivity index (χ3n) is 2.67. The van der Waals surface area contributed by atoms with Gasteiger partial charge >= 0.3 is 0 Å². The van der Waals surface area contributed by atoms with Crippen molar-refractivity contribution in [3.05, 3.63) is 0 Å². The molecule has 0 N–H and O–H groups in total. The van der Waals surface area contributed by atoms with Crippen molar-refractivity contribution in [3.63, 3.8) is 0 Å². The van der Waals surface area contributed by atoms with E-state index in [0.717, 1.165) is 6.61 Å². The van der Waals surface area contributed by atoms with Crippen LogP contribution in [0.1, 0.15) is 62.3 Å². The Bertz CT molecular complexity index is 278. The van der Waals surface area contributed by atoms with Crippen LogP contribution in [0.3, 0.4) is 0 Å². The lowest BCUT2D eigenvalue weighted by atomic mass is 9.99. The van der Waals surface area contributed by atoms with Crippen molar-refractivity contribution < 1.29 is 18.9 Å². The van der Waals surface area contributed by atoms with E-state index in [1.54, 1.807) is 0 Å². The Hall–Kier alpha value is -0.160. The van der Waals surface area contributed by atoms with Gasteiger partial charge in [0.15, 0.2) is 0 Å². The Kier molecular flexibility index (Phi) is 9.79. The van der Waals surface area contributed by atoms with Crippen LogP contribution in [0, 0.1) is 5.41 Å². The number of hydrogen-bond donors (Lipinski definition) is 0. The van der Waals surface area contributed by atoms with Crippen molar-refractivity contribution in [2.24, 2.45) is 5.41 Å². The second-order valence-corrected chi connectivity index (χ2v) is 8.40. The minimum Gasteiger partial charge on any atom is -0.378 e. The number of hydrogen-bond acceptors (Lipinski definition) is 4. The summed E-state index contributed by atoms with van der Waals surface area (Å²) in [7, 11) is 0. The highest BCUT2D eigenvalue weighted by atomic mass is 16.6. The molecule has 0 radical (unpaired) electrons. The van der Waals surface area contributed by atoms with Crippen LogP contribution in [0.5, 0.6) is 0 Å². The fourth-order valence-corrected chi connectivity index (χ4v) is 1.86. The Balaban J connectivity index is 3.73. The van der Waals surface area contributed by atoms with E-state index in [-0.39, 0.29) is 29.3 Å². The van der Waals surface area contributed by atoms with Gasteiger partial charge in [0, 0.05) is 0 Å². The van der Waals surface area contributed by atoms with Gasteiger partial charge < -0.3 is 18.9 Å². The third-order valence-corrected chi connectivity index (χ3v) is 2.67. The summed E-state index contributed by atoms with van der Waals surface area (Å²) in [6.45, 7) is 21.2. The summed E-state index contributed by atoms with van der Waals surface area (Å²) >= 11 is 0. The van der Waals surface area contributed by atoms with Crippen LogP contribution in [0.2, 0.25) is 0 Å². The van der Waals surface area contributed by atoms with E-state index in [4.69, 9.17) is 18.9 Å². The molecular formula is C18H38O4. The average molecular weight is 318 g/mol. The first-order valence-corrected chi connectivity index (χ1v) is 8.38. The highest BCUT2D eigenvalue weighted by molar-refractivity contribution is 4.63. The summed E-state index contributed by atoms with van der Waals surface area (Å²) in [6, 6.07) is 0. The number of rotatable bonds is 10. The maximum Gasteiger partial charge on any atom is 0.0787 e. The van der Waals surface area contributed by atoms with Crippen LogP contribution in [0.25, 0.3) is 0 Å². The Morgan fingerprint density at radius 3 is 1.59 bits per heavy atom. The molecule has 0 aromatic rings. The quantitative estimate of drug-likeness (QED) is 0.608. The summed E-state index contributed by atoms with van der Waals surface area (Å²) in [5.41, 5.74) is 0.0563. The van der Waals surface area contributed by atoms with Crippen molar-refractivity contribution in [2.75, 3.05) is 26.4 Å². The molecule has 0 amide bonds. The molecule has 0 fully saturated rings. The molecular weight excluding hydrogens is 280 g/mol. The first-order valence-electron chi connectivity index (χ1n) is 8.38. The van der Waals surface area contributed by atoms with E-state index in [2.05, 4.69) is 41.5 Å². The molecule has 134 valence electrons. The van der Waals surface area contributed by atoms with Gasteiger partial charge in [0.25, 0.3) is 0 Å². The summed E-state index contributed by atoms with van der Waals surface area (Å²) in [6.07, 6.45) is 0.211. The molecule has 4 nitrogen and oxygen atoms in total. The molecule has 0 aromatic carbocycles. The third kappa shape index (κ3) is 14.8. The molecule has 0 aliphatic heterocycles. The van der Waals surface area contributed by atoms with Gasteiger partial charge in [-0.25, -0.2) is 0 Å². The predicted octanol–water partition coefficient (Wildman–Crippen LogP) is 4.06. The molecule has 0 aromatic heterocycles. The Morgan fingerprint density at radius 1 is 0.682 bits per heavy atom. The van der Waals surface area contributed by atoms with E-state index < -0.39 is 0 Å².